The molecular weight excluding hydrogens is 412 g/mol. The lowest BCUT2D eigenvalue weighted by Crippen LogP contribution is -2.56. The lowest BCUT2D eigenvalue weighted by molar-refractivity contribution is -0.133. The highest BCUT2D eigenvalue weighted by atomic mass is 35.5. The number of benzene rings is 1. The Morgan fingerprint density at radius 1 is 1.19 bits per heavy atom. The predicted octanol–water partition coefficient (Wildman–Crippen LogP) is 2.93. The summed E-state index contributed by atoms with van der Waals surface area (Å²) in [7, 11) is 1.96. The molecule has 7 heteroatoms. The number of hydrogen-bond donors (Lipinski definition) is 0. The highest BCUT2D eigenvalue weighted by molar-refractivity contribution is 6.30. The van der Waals surface area contributed by atoms with Gasteiger partial charge in [-0.15, -0.1) is 0 Å². The number of amides is 2. The number of carbonyl (C=O) groups is 2. The van der Waals surface area contributed by atoms with Gasteiger partial charge in [-0.1, -0.05) is 23.7 Å². The highest BCUT2D eigenvalue weighted by Gasteiger charge is 2.60. The number of halogens is 1. The summed E-state index contributed by atoms with van der Waals surface area (Å²) < 4.78 is 0. The second kappa shape index (κ2) is 7.92. The maximum absolute atomic E-state index is 13.1. The van der Waals surface area contributed by atoms with Gasteiger partial charge in [0.1, 0.15) is 0 Å². The molecule has 0 unspecified atom stereocenters. The van der Waals surface area contributed by atoms with E-state index in [4.69, 9.17) is 11.6 Å². The van der Waals surface area contributed by atoms with Crippen molar-refractivity contribution >= 4 is 23.4 Å². The molecule has 3 saturated heterocycles. The van der Waals surface area contributed by atoms with Crippen LogP contribution in [0.4, 0.5) is 0 Å². The number of rotatable bonds is 3. The second-order valence-corrected chi connectivity index (χ2v) is 9.51. The van der Waals surface area contributed by atoms with Crippen LogP contribution in [-0.4, -0.2) is 70.3 Å². The predicted molar refractivity (Wildman–Crippen MR) is 119 cm³/mol. The summed E-state index contributed by atoms with van der Waals surface area (Å²) in [4.78, 5) is 36.6. The van der Waals surface area contributed by atoms with Gasteiger partial charge in [0.2, 0.25) is 5.91 Å². The Kier molecular flexibility index (Phi) is 5.22. The van der Waals surface area contributed by atoms with Gasteiger partial charge in [0, 0.05) is 68.7 Å². The molecule has 31 heavy (non-hydrogen) atoms. The van der Waals surface area contributed by atoms with Crippen LogP contribution in [0.2, 0.25) is 5.02 Å². The van der Waals surface area contributed by atoms with Crippen LogP contribution in [0.15, 0.2) is 48.8 Å². The number of carbonyl (C=O) groups excluding carboxylic acids is 2. The molecule has 3 aliphatic heterocycles. The fourth-order valence-corrected chi connectivity index (χ4v) is 6.07. The number of hydrogen-bond acceptors (Lipinski definition) is 4. The van der Waals surface area contributed by atoms with Crippen LogP contribution >= 0.6 is 11.6 Å². The van der Waals surface area contributed by atoms with Crippen LogP contribution < -0.4 is 0 Å². The van der Waals surface area contributed by atoms with Crippen molar-refractivity contribution in [3.8, 4) is 0 Å². The third-order valence-corrected chi connectivity index (χ3v) is 7.75. The van der Waals surface area contributed by atoms with Crippen LogP contribution in [0, 0.1) is 11.8 Å². The quantitative estimate of drug-likeness (QED) is 0.739. The molecule has 2 amide bonds. The smallest absolute Gasteiger partial charge is 0.253 e. The molecule has 0 radical (unpaired) electrons. The summed E-state index contributed by atoms with van der Waals surface area (Å²) in [6, 6.07) is 11.2. The zero-order valence-corrected chi connectivity index (χ0v) is 18.5. The van der Waals surface area contributed by atoms with Gasteiger partial charge < -0.3 is 9.80 Å². The van der Waals surface area contributed by atoms with Gasteiger partial charge in [0.15, 0.2) is 0 Å². The lowest BCUT2D eigenvalue weighted by atomic mass is 9.75. The summed E-state index contributed by atoms with van der Waals surface area (Å²) in [5.41, 5.74) is 1.65. The molecule has 3 aliphatic rings. The minimum absolute atomic E-state index is 0.0190. The van der Waals surface area contributed by atoms with Crippen LogP contribution in [0.1, 0.15) is 28.8 Å². The monoisotopic (exact) mass is 438 g/mol. The largest absolute Gasteiger partial charge is 0.339 e. The molecule has 2 atom stereocenters. The summed E-state index contributed by atoms with van der Waals surface area (Å²) in [6.07, 6.45) is 5.33. The first kappa shape index (κ1) is 20.5. The molecule has 0 N–H and O–H groups in total. The average Bonchev–Trinajstić information content (AvgIpc) is 3.29. The van der Waals surface area contributed by atoms with Crippen LogP contribution in [0.5, 0.6) is 0 Å². The van der Waals surface area contributed by atoms with E-state index in [9.17, 15) is 9.59 Å². The molecule has 3 fully saturated rings. The van der Waals surface area contributed by atoms with Crippen molar-refractivity contribution in [3.05, 3.63) is 64.9 Å². The molecule has 6 nitrogen and oxygen atoms in total. The van der Waals surface area contributed by atoms with Crippen molar-refractivity contribution < 1.29 is 9.59 Å². The van der Waals surface area contributed by atoms with E-state index < -0.39 is 0 Å². The van der Waals surface area contributed by atoms with Crippen molar-refractivity contribution in [1.29, 1.82) is 0 Å². The Morgan fingerprint density at radius 2 is 2.00 bits per heavy atom. The molecule has 1 aromatic heterocycles. The van der Waals surface area contributed by atoms with Crippen LogP contribution in [-0.2, 0) is 11.3 Å². The third-order valence-electron chi connectivity index (χ3n) is 7.52. The van der Waals surface area contributed by atoms with Gasteiger partial charge in [-0.25, -0.2) is 0 Å². The van der Waals surface area contributed by atoms with Crippen molar-refractivity contribution in [2.45, 2.75) is 24.9 Å². The van der Waals surface area contributed by atoms with Gasteiger partial charge >= 0.3 is 0 Å². The maximum atomic E-state index is 13.1. The molecular formula is C24H27ClN4O2. The van der Waals surface area contributed by atoms with Crippen molar-refractivity contribution in [3.63, 3.8) is 0 Å². The second-order valence-electron chi connectivity index (χ2n) is 9.07. The Labute approximate surface area is 187 Å². The Balaban J connectivity index is 1.29. The highest BCUT2D eigenvalue weighted by Crippen LogP contribution is 2.49. The molecule has 0 aliphatic carbocycles. The average molecular weight is 439 g/mol. The summed E-state index contributed by atoms with van der Waals surface area (Å²) in [5.74, 6) is 0.640. The topological polar surface area (TPSA) is 56.8 Å². The molecule has 162 valence electrons. The SMILES string of the molecule is CN1C(=O)[C@H]2CN(Cc3cccnc3)C[C@H]2C12CCN(C(=O)c1cccc(Cl)c1)CC2. The Bertz CT molecular complexity index is 990. The molecule has 1 spiro atoms. The van der Waals surface area contributed by atoms with E-state index in [1.165, 1.54) is 5.56 Å². The van der Waals surface area contributed by atoms with E-state index in [1.54, 1.807) is 18.3 Å². The molecule has 0 bridgehead atoms. The minimum atomic E-state index is -0.156. The first-order valence-corrected chi connectivity index (χ1v) is 11.3. The number of likely N-dealkylation sites (tertiary alicyclic amines) is 3. The molecule has 0 saturated carbocycles. The third kappa shape index (κ3) is 3.52. The van der Waals surface area contributed by atoms with Crippen molar-refractivity contribution in [2.75, 3.05) is 33.2 Å². The number of aromatic nitrogens is 1. The normalized spacial score (nSPS) is 25.3. The van der Waals surface area contributed by atoms with Gasteiger partial charge in [0.25, 0.3) is 5.91 Å². The van der Waals surface area contributed by atoms with Gasteiger partial charge in [-0.2, -0.15) is 0 Å². The molecule has 2 aromatic rings. The summed E-state index contributed by atoms with van der Waals surface area (Å²) in [5, 5.41) is 0.572. The maximum Gasteiger partial charge on any atom is 0.253 e. The standard InChI is InChI=1S/C24H27ClN4O2/c1-27-23(31)20-15-28(14-17-4-3-9-26-13-17)16-21(20)24(27)7-10-29(11-8-24)22(30)18-5-2-6-19(25)12-18/h2-6,9,12-13,20-21H,7-8,10-11,14-16H2,1H3/t20-,21+/m0/s1. The van der Waals surface area contributed by atoms with Gasteiger partial charge in [-0.05, 0) is 42.7 Å². The molecule has 4 heterocycles. The van der Waals surface area contributed by atoms with E-state index in [-0.39, 0.29) is 23.3 Å². The summed E-state index contributed by atoms with van der Waals surface area (Å²) >= 11 is 6.07. The van der Waals surface area contributed by atoms with Crippen molar-refractivity contribution in [1.82, 2.24) is 19.7 Å². The first-order valence-electron chi connectivity index (χ1n) is 10.9. The Hall–Kier alpha value is -2.44. The number of fused-ring (bicyclic) bond motifs is 2. The zero-order chi connectivity index (χ0) is 21.6. The number of piperidine rings is 1. The van der Waals surface area contributed by atoms with Gasteiger partial charge in [0.05, 0.1) is 11.5 Å². The van der Waals surface area contributed by atoms with Crippen LogP contribution in [0.25, 0.3) is 0 Å². The first-order chi connectivity index (χ1) is 15.0. The number of pyridine rings is 1. The van der Waals surface area contributed by atoms with Gasteiger partial charge in [-0.3, -0.25) is 19.5 Å². The fraction of sp³-hybridized carbons (Fsp3) is 0.458. The van der Waals surface area contributed by atoms with E-state index >= 15 is 0 Å². The number of nitrogens with zero attached hydrogens (tertiary/aromatic N) is 4. The molecule has 5 rings (SSSR count). The molecule has 1 aromatic carbocycles. The summed E-state index contributed by atoms with van der Waals surface area (Å²) in [6.45, 7) is 3.87. The van der Waals surface area contributed by atoms with Crippen molar-refractivity contribution in [2.24, 2.45) is 11.8 Å². The van der Waals surface area contributed by atoms with E-state index in [2.05, 4.69) is 16.0 Å². The fourth-order valence-electron chi connectivity index (χ4n) is 5.88. The lowest BCUT2D eigenvalue weighted by Gasteiger charge is -2.46. The Morgan fingerprint density at radius 3 is 2.71 bits per heavy atom. The van der Waals surface area contributed by atoms with Crippen LogP contribution in [0.3, 0.4) is 0 Å². The van der Waals surface area contributed by atoms with E-state index in [1.807, 2.05) is 41.2 Å². The van der Waals surface area contributed by atoms with E-state index in [0.29, 0.717) is 29.6 Å². The zero-order valence-electron chi connectivity index (χ0n) is 17.7. The minimum Gasteiger partial charge on any atom is -0.339 e. The van der Waals surface area contributed by atoms with E-state index in [0.717, 1.165) is 32.5 Å².